The van der Waals surface area contributed by atoms with Crippen LogP contribution in [0.5, 0.6) is 0 Å². The predicted octanol–water partition coefficient (Wildman–Crippen LogP) is 0.880. The molecule has 0 radical (unpaired) electrons. The fourth-order valence-corrected chi connectivity index (χ4v) is 2.51. The average Bonchev–Trinajstić information content (AvgIpc) is 2.61. The van der Waals surface area contributed by atoms with Crippen LogP contribution in [0, 0.1) is 5.82 Å². The van der Waals surface area contributed by atoms with E-state index in [2.05, 4.69) is 18.7 Å². The van der Waals surface area contributed by atoms with E-state index in [1.165, 1.54) is 6.07 Å². The van der Waals surface area contributed by atoms with Gasteiger partial charge in [0, 0.05) is 17.6 Å². The summed E-state index contributed by atoms with van der Waals surface area (Å²) in [5.74, 6) is -0.372. The number of hydrogen-bond donors (Lipinski definition) is 2. The van der Waals surface area contributed by atoms with E-state index in [9.17, 15) is 4.39 Å². The second-order valence-electron chi connectivity index (χ2n) is 5.56. The third-order valence-electron chi connectivity index (χ3n) is 3.81. The van der Waals surface area contributed by atoms with Gasteiger partial charge in [0.25, 0.3) is 0 Å². The van der Waals surface area contributed by atoms with Crippen LogP contribution < -0.4 is 5.46 Å². The second-order valence-corrected chi connectivity index (χ2v) is 5.56. The Kier molecular flexibility index (Phi) is 3.75. The normalized spacial score (nSPS) is 19.2. The lowest BCUT2D eigenvalue weighted by molar-refractivity contribution is 0.164. The number of rotatable bonds is 3. The predicted molar refractivity (Wildman–Crippen MR) is 69.9 cm³/mol. The van der Waals surface area contributed by atoms with Crippen molar-refractivity contribution < 1.29 is 14.4 Å². The molecule has 0 aromatic heterocycles. The van der Waals surface area contributed by atoms with Crippen LogP contribution in [0.4, 0.5) is 4.39 Å². The van der Waals surface area contributed by atoms with Crippen LogP contribution in [-0.2, 0) is 6.54 Å². The number of benzene rings is 1. The Morgan fingerprint density at radius 3 is 2.61 bits per heavy atom. The molecule has 18 heavy (non-hydrogen) atoms. The topological polar surface area (TPSA) is 43.7 Å². The average molecular weight is 251 g/mol. The van der Waals surface area contributed by atoms with Gasteiger partial charge in [0.15, 0.2) is 0 Å². The zero-order valence-corrected chi connectivity index (χ0v) is 10.9. The summed E-state index contributed by atoms with van der Waals surface area (Å²) in [6, 6.07) is 4.40. The molecular formula is C13H19BFNO2. The molecule has 3 nitrogen and oxygen atoms in total. The summed E-state index contributed by atoms with van der Waals surface area (Å²) in [5, 5.41) is 18.0. The Bertz CT molecular complexity index is 437. The highest BCUT2D eigenvalue weighted by atomic mass is 19.1. The summed E-state index contributed by atoms with van der Waals surface area (Å²) in [7, 11) is -1.61. The molecule has 0 aliphatic carbocycles. The van der Waals surface area contributed by atoms with Crippen molar-refractivity contribution in [2.45, 2.75) is 38.8 Å². The maximum atomic E-state index is 13.9. The summed E-state index contributed by atoms with van der Waals surface area (Å²) in [6.07, 6.45) is 2.27. The first-order valence-corrected chi connectivity index (χ1v) is 6.30. The molecule has 0 bridgehead atoms. The van der Waals surface area contributed by atoms with Gasteiger partial charge in [0.1, 0.15) is 5.82 Å². The van der Waals surface area contributed by atoms with Crippen molar-refractivity contribution in [2.24, 2.45) is 0 Å². The van der Waals surface area contributed by atoms with E-state index in [0.717, 1.165) is 19.4 Å². The lowest BCUT2D eigenvalue weighted by atomic mass is 9.80. The highest BCUT2D eigenvalue weighted by Gasteiger charge is 2.32. The third-order valence-corrected chi connectivity index (χ3v) is 3.81. The minimum atomic E-state index is -1.61. The molecule has 1 fully saturated rings. The van der Waals surface area contributed by atoms with Crippen LogP contribution in [0.3, 0.4) is 0 Å². The zero-order valence-electron chi connectivity index (χ0n) is 10.9. The smallest absolute Gasteiger partial charge is 0.423 e. The Balaban J connectivity index is 2.15. The van der Waals surface area contributed by atoms with Crippen molar-refractivity contribution in [1.82, 2.24) is 4.90 Å². The molecule has 1 aromatic carbocycles. The molecule has 98 valence electrons. The molecule has 0 amide bonds. The molecule has 1 aliphatic rings. The molecule has 0 spiro atoms. The van der Waals surface area contributed by atoms with Crippen LogP contribution in [0.15, 0.2) is 18.2 Å². The molecular weight excluding hydrogens is 232 g/mol. The molecule has 2 rings (SSSR count). The Labute approximate surface area is 107 Å². The van der Waals surface area contributed by atoms with E-state index >= 15 is 0 Å². The highest BCUT2D eigenvalue weighted by molar-refractivity contribution is 6.58. The van der Waals surface area contributed by atoms with Gasteiger partial charge in [-0.3, -0.25) is 4.90 Å². The Hall–Kier alpha value is -0.905. The summed E-state index contributed by atoms with van der Waals surface area (Å²) in [6.45, 7) is 5.89. The van der Waals surface area contributed by atoms with Crippen molar-refractivity contribution in [3.05, 3.63) is 29.6 Å². The van der Waals surface area contributed by atoms with E-state index in [-0.39, 0.29) is 16.8 Å². The van der Waals surface area contributed by atoms with E-state index in [0.29, 0.717) is 12.1 Å². The summed E-state index contributed by atoms with van der Waals surface area (Å²) in [5.41, 5.74) is 0.910. The quantitative estimate of drug-likeness (QED) is 0.784. The molecule has 2 N–H and O–H groups in total. The van der Waals surface area contributed by atoms with Gasteiger partial charge in [0.05, 0.1) is 0 Å². The van der Waals surface area contributed by atoms with Gasteiger partial charge in [-0.15, -0.1) is 0 Å². The van der Waals surface area contributed by atoms with Gasteiger partial charge in [0.2, 0.25) is 0 Å². The maximum absolute atomic E-state index is 13.9. The molecule has 1 heterocycles. The summed E-state index contributed by atoms with van der Waals surface area (Å²) in [4.78, 5) is 2.26. The van der Waals surface area contributed by atoms with E-state index < -0.39 is 7.12 Å². The van der Waals surface area contributed by atoms with Crippen molar-refractivity contribution in [3.8, 4) is 0 Å². The standard InChI is InChI=1S/C13H19BFNO2/c1-13(2)6-3-7-16(13)9-10-4-5-11(14(17)18)8-12(10)15/h4-5,8,17-18H,3,6-7,9H2,1-2H3. The molecule has 0 saturated carbocycles. The molecule has 0 atom stereocenters. The largest absolute Gasteiger partial charge is 0.488 e. The third kappa shape index (κ3) is 2.74. The van der Waals surface area contributed by atoms with Gasteiger partial charge in [-0.1, -0.05) is 12.1 Å². The van der Waals surface area contributed by atoms with Gasteiger partial charge >= 0.3 is 7.12 Å². The lowest BCUT2D eigenvalue weighted by Gasteiger charge is -2.31. The monoisotopic (exact) mass is 251 g/mol. The fourth-order valence-electron chi connectivity index (χ4n) is 2.51. The van der Waals surface area contributed by atoms with Crippen LogP contribution in [-0.4, -0.2) is 34.2 Å². The Morgan fingerprint density at radius 2 is 2.11 bits per heavy atom. The van der Waals surface area contributed by atoms with Gasteiger partial charge in [-0.2, -0.15) is 0 Å². The SMILES string of the molecule is CC1(C)CCCN1Cc1ccc(B(O)O)cc1F. The van der Waals surface area contributed by atoms with Crippen LogP contribution in [0.25, 0.3) is 0 Å². The minimum absolute atomic E-state index is 0.113. The maximum Gasteiger partial charge on any atom is 0.488 e. The van der Waals surface area contributed by atoms with Crippen LogP contribution in [0.1, 0.15) is 32.3 Å². The van der Waals surface area contributed by atoms with E-state index in [4.69, 9.17) is 10.0 Å². The lowest BCUT2D eigenvalue weighted by Crippen LogP contribution is -2.38. The highest BCUT2D eigenvalue weighted by Crippen LogP contribution is 2.29. The fraction of sp³-hybridized carbons (Fsp3) is 0.538. The van der Waals surface area contributed by atoms with Crippen molar-refractivity contribution in [3.63, 3.8) is 0 Å². The van der Waals surface area contributed by atoms with E-state index in [1.54, 1.807) is 12.1 Å². The van der Waals surface area contributed by atoms with Crippen molar-refractivity contribution in [2.75, 3.05) is 6.54 Å². The number of nitrogens with zero attached hydrogens (tertiary/aromatic N) is 1. The van der Waals surface area contributed by atoms with Gasteiger partial charge in [-0.25, -0.2) is 4.39 Å². The number of likely N-dealkylation sites (tertiary alicyclic amines) is 1. The first-order valence-electron chi connectivity index (χ1n) is 6.30. The minimum Gasteiger partial charge on any atom is -0.423 e. The second kappa shape index (κ2) is 5.00. The van der Waals surface area contributed by atoms with Gasteiger partial charge in [-0.05, 0) is 44.8 Å². The molecule has 1 aromatic rings. The molecule has 1 aliphatic heterocycles. The number of halogens is 1. The van der Waals surface area contributed by atoms with Crippen LogP contribution in [0.2, 0.25) is 0 Å². The first-order chi connectivity index (χ1) is 8.40. The van der Waals surface area contributed by atoms with E-state index in [1.807, 2.05) is 0 Å². The van der Waals surface area contributed by atoms with Crippen molar-refractivity contribution >= 4 is 12.6 Å². The molecule has 0 unspecified atom stereocenters. The molecule has 1 saturated heterocycles. The number of hydrogen-bond acceptors (Lipinski definition) is 3. The molecule has 5 heteroatoms. The first kappa shape index (κ1) is 13.5. The zero-order chi connectivity index (χ0) is 13.3. The summed E-state index contributed by atoms with van der Waals surface area (Å²) < 4.78 is 13.9. The van der Waals surface area contributed by atoms with Gasteiger partial charge < -0.3 is 10.0 Å². The summed E-state index contributed by atoms with van der Waals surface area (Å²) >= 11 is 0. The van der Waals surface area contributed by atoms with Crippen LogP contribution >= 0.6 is 0 Å². The van der Waals surface area contributed by atoms with Crippen molar-refractivity contribution in [1.29, 1.82) is 0 Å². The Morgan fingerprint density at radius 1 is 1.39 bits per heavy atom.